The predicted octanol–water partition coefficient (Wildman–Crippen LogP) is 0.704. The van der Waals surface area contributed by atoms with E-state index >= 15 is 0 Å². The van der Waals surface area contributed by atoms with Crippen LogP contribution in [0.1, 0.15) is 32.6 Å². The maximum Gasteiger partial charge on any atom is 0.213 e. The molecule has 16 heavy (non-hydrogen) atoms. The summed E-state index contributed by atoms with van der Waals surface area (Å²) in [6.07, 6.45) is 4.62. The molecule has 2 atom stereocenters. The Morgan fingerprint density at radius 3 is 2.69 bits per heavy atom. The van der Waals surface area contributed by atoms with Crippen LogP contribution in [0.25, 0.3) is 0 Å². The molecule has 1 aliphatic carbocycles. The van der Waals surface area contributed by atoms with Crippen LogP contribution in [0.4, 0.5) is 0 Å². The lowest BCUT2D eigenvalue weighted by molar-refractivity contribution is 0.489. The molecule has 0 bridgehead atoms. The first kappa shape index (κ1) is 12.3. The van der Waals surface area contributed by atoms with Crippen LogP contribution in [0, 0.1) is 11.8 Å². The largest absolute Gasteiger partial charge is 0.313 e. The van der Waals surface area contributed by atoms with Gasteiger partial charge in [0.05, 0.1) is 5.75 Å². The minimum Gasteiger partial charge on any atom is -0.313 e. The van der Waals surface area contributed by atoms with Crippen LogP contribution in [-0.4, -0.2) is 33.3 Å². The molecule has 0 aromatic heterocycles. The summed E-state index contributed by atoms with van der Waals surface area (Å²) in [5.74, 6) is 1.49. The third-order valence-corrected chi connectivity index (χ3v) is 5.08. The van der Waals surface area contributed by atoms with Gasteiger partial charge in [0.15, 0.2) is 0 Å². The minimum absolute atomic E-state index is 0.161. The van der Waals surface area contributed by atoms with Gasteiger partial charge in [0, 0.05) is 12.6 Å². The van der Waals surface area contributed by atoms with E-state index in [1.54, 1.807) is 0 Å². The first-order valence-electron chi connectivity index (χ1n) is 6.27. The zero-order chi connectivity index (χ0) is 11.6. The highest BCUT2D eigenvalue weighted by Gasteiger charge is 2.29. The van der Waals surface area contributed by atoms with Crippen molar-refractivity contribution in [1.29, 1.82) is 0 Å². The average molecular weight is 246 g/mol. The minimum atomic E-state index is -3.08. The van der Waals surface area contributed by atoms with Gasteiger partial charge in [-0.25, -0.2) is 13.1 Å². The standard InChI is InChI=1S/C11H22N2O2S/c1-9(10-4-5-10)7-13-16(14,15)8-11-3-2-6-12-11/h9-13H,2-8H2,1H3. The van der Waals surface area contributed by atoms with Crippen LogP contribution in [0.15, 0.2) is 0 Å². The second kappa shape index (κ2) is 5.02. The van der Waals surface area contributed by atoms with Gasteiger partial charge in [-0.3, -0.25) is 0 Å². The molecule has 4 nitrogen and oxygen atoms in total. The Morgan fingerprint density at radius 1 is 1.38 bits per heavy atom. The Kier molecular flexibility index (Phi) is 3.87. The zero-order valence-corrected chi connectivity index (χ0v) is 10.7. The molecule has 1 saturated heterocycles. The first-order valence-corrected chi connectivity index (χ1v) is 7.93. The molecule has 1 saturated carbocycles. The lowest BCUT2D eigenvalue weighted by atomic mass is 10.1. The van der Waals surface area contributed by atoms with E-state index in [9.17, 15) is 8.42 Å². The van der Waals surface area contributed by atoms with Crippen molar-refractivity contribution in [1.82, 2.24) is 10.0 Å². The third kappa shape index (κ3) is 3.71. The molecule has 94 valence electrons. The number of nitrogens with one attached hydrogen (secondary N) is 2. The summed E-state index contributed by atoms with van der Waals surface area (Å²) >= 11 is 0. The van der Waals surface area contributed by atoms with Gasteiger partial charge in [0.25, 0.3) is 0 Å². The van der Waals surface area contributed by atoms with Gasteiger partial charge in [-0.1, -0.05) is 6.92 Å². The lowest BCUT2D eigenvalue weighted by Crippen LogP contribution is -2.38. The second-order valence-electron chi connectivity index (χ2n) is 5.24. The van der Waals surface area contributed by atoms with E-state index in [0.717, 1.165) is 25.3 Å². The molecule has 0 amide bonds. The van der Waals surface area contributed by atoms with Gasteiger partial charge < -0.3 is 5.32 Å². The molecule has 2 fully saturated rings. The second-order valence-corrected chi connectivity index (χ2v) is 7.09. The Labute approximate surface area is 98.2 Å². The molecular formula is C11H22N2O2S. The normalized spacial score (nSPS) is 28.2. The van der Waals surface area contributed by atoms with Gasteiger partial charge in [-0.05, 0) is 44.1 Å². The highest BCUT2D eigenvalue weighted by Crippen LogP contribution is 2.36. The topological polar surface area (TPSA) is 58.2 Å². The van der Waals surface area contributed by atoms with Crippen molar-refractivity contribution >= 4 is 10.0 Å². The molecule has 2 N–H and O–H groups in total. The smallest absolute Gasteiger partial charge is 0.213 e. The molecule has 0 aromatic carbocycles. The Balaban J connectivity index is 1.73. The molecule has 0 aromatic rings. The monoisotopic (exact) mass is 246 g/mol. The average Bonchev–Trinajstić information content (AvgIpc) is 2.96. The highest BCUT2D eigenvalue weighted by molar-refractivity contribution is 7.89. The summed E-state index contributed by atoms with van der Waals surface area (Å²) in [5, 5.41) is 3.22. The fraction of sp³-hybridized carbons (Fsp3) is 1.00. The van der Waals surface area contributed by atoms with Gasteiger partial charge in [-0.2, -0.15) is 0 Å². The van der Waals surface area contributed by atoms with Crippen LogP contribution in [0.2, 0.25) is 0 Å². The molecule has 2 unspecified atom stereocenters. The third-order valence-electron chi connectivity index (χ3n) is 3.63. The molecule has 0 radical (unpaired) electrons. The van der Waals surface area contributed by atoms with Crippen molar-refractivity contribution in [2.75, 3.05) is 18.8 Å². The summed E-state index contributed by atoms with van der Waals surface area (Å²) < 4.78 is 26.3. The fourth-order valence-electron chi connectivity index (χ4n) is 2.31. The molecule has 2 rings (SSSR count). The van der Waals surface area contributed by atoms with Crippen LogP contribution in [0.3, 0.4) is 0 Å². The number of rotatable bonds is 6. The van der Waals surface area contributed by atoms with Crippen molar-refractivity contribution in [2.45, 2.75) is 38.6 Å². The van der Waals surface area contributed by atoms with Gasteiger partial charge in [0.1, 0.15) is 0 Å². The number of sulfonamides is 1. The zero-order valence-electron chi connectivity index (χ0n) is 9.91. The highest BCUT2D eigenvalue weighted by atomic mass is 32.2. The molecule has 5 heteroatoms. The Bertz CT molecular complexity index is 319. The van der Waals surface area contributed by atoms with E-state index in [0.29, 0.717) is 12.5 Å². The molecular weight excluding hydrogens is 224 g/mol. The van der Waals surface area contributed by atoms with E-state index in [1.807, 2.05) is 0 Å². The van der Waals surface area contributed by atoms with Crippen molar-refractivity contribution in [3.8, 4) is 0 Å². The Morgan fingerprint density at radius 2 is 2.12 bits per heavy atom. The summed E-state index contributed by atoms with van der Waals surface area (Å²) in [6.45, 7) is 3.70. The van der Waals surface area contributed by atoms with Crippen LogP contribution in [-0.2, 0) is 10.0 Å². The SMILES string of the molecule is CC(CNS(=O)(=O)CC1CCCN1)C1CC1. The van der Waals surface area contributed by atoms with E-state index in [1.165, 1.54) is 12.8 Å². The van der Waals surface area contributed by atoms with Crippen molar-refractivity contribution in [3.05, 3.63) is 0 Å². The predicted molar refractivity (Wildman–Crippen MR) is 64.7 cm³/mol. The van der Waals surface area contributed by atoms with Gasteiger partial charge >= 0.3 is 0 Å². The summed E-state index contributed by atoms with van der Waals surface area (Å²) in [6, 6.07) is 0.161. The lowest BCUT2D eigenvalue weighted by Gasteiger charge is -2.14. The molecule has 1 aliphatic heterocycles. The molecule has 0 spiro atoms. The van der Waals surface area contributed by atoms with Gasteiger partial charge in [0.2, 0.25) is 10.0 Å². The number of hydrogen-bond acceptors (Lipinski definition) is 3. The van der Waals surface area contributed by atoms with Crippen LogP contribution >= 0.6 is 0 Å². The number of hydrogen-bond donors (Lipinski definition) is 2. The van der Waals surface area contributed by atoms with Crippen molar-refractivity contribution in [3.63, 3.8) is 0 Å². The summed E-state index contributed by atoms with van der Waals surface area (Å²) in [5.41, 5.74) is 0. The van der Waals surface area contributed by atoms with E-state index in [2.05, 4.69) is 17.0 Å². The molecule has 2 aliphatic rings. The van der Waals surface area contributed by atoms with E-state index < -0.39 is 10.0 Å². The van der Waals surface area contributed by atoms with E-state index in [4.69, 9.17) is 0 Å². The van der Waals surface area contributed by atoms with Crippen molar-refractivity contribution in [2.24, 2.45) is 11.8 Å². The first-order chi connectivity index (χ1) is 7.57. The Hall–Kier alpha value is -0.130. The van der Waals surface area contributed by atoms with Gasteiger partial charge in [-0.15, -0.1) is 0 Å². The quantitative estimate of drug-likeness (QED) is 0.725. The van der Waals surface area contributed by atoms with Crippen LogP contribution < -0.4 is 10.0 Å². The summed E-state index contributed by atoms with van der Waals surface area (Å²) in [4.78, 5) is 0. The van der Waals surface area contributed by atoms with Crippen molar-refractivity contribution < 1.29 is 8.42 Å². The maximum atomic E-state index is 11.8. The van der Waals surface area contributed by atoms with E-state index in [-0.39, 0.29) is 11.8 Å². The fourth-order valence-corrected chi connectivity index (χ4v) is 3.76. The van der Waals surface area contributed by atoms with Crippen LogP contribution in [0.5, 0.6) is 0 Å². The summed E-state index contributed by atoms with van der Waals surface area (Å²) in [7, 11) is -3.08. The maximum absolute atomic E-state index is 11.8. The molecule has 1 heterocycles.